The molecule has 1 atom stereocenters. The van der Waals surface area contributed by atoms with Crippen molar-refractivity contribution >= 4 is 10.0 Å². The Hall–Kier alpha value is -0.990. The molecular weight excluding hydrogens is 256 g/mol. The van der Waals surface area contributed by atoms with E-state index >= 15 is 0 Å². The summed E-state index contributed by atoms with van der Waals surface area (Å²) in [5.74, 6) is 0.834. The highest BCUT2D eigenvalue weighted by molar-refractivity contribution is 7.89. The van der Waals surface area contributed by atoms with Crippen LogP contribution in [0, 0.1) is 5.92 Å². The molecule has 0 spiro atoms. The molecule has 0 saturated carbocycles. The van der Waals surface area contributed by atoms with Gasteiger partial charge in [0, 0.05) is 13.0 Å². The van der Waals surface area contributed by atoms with E-state index in [1.807, 2.05) is 0 Å². The highest BCUT2D eigenvalue weighted by Crippen LogP contribution is 2.11. The van der Waals surface area contributed by atoms with Gasteiger partial charge in [-0.15, -0.1) is 0 Å². The lowest BCUT2D eigenvalue weighted by Gasteiger charge is -2.22. The van der Waals surface area contributed by atoms with Crippen LogP contribution in [0.1, 0.15) is 18.7 Å². The zero-order valence-corrected chi connectivity index (χ0v) is 10.9. The van der Waals surface area contributed by atoms with Crippen LogP contribution in [0.25, 0.3) is 0 Å². The molecule has 2 rings (SSSR count). The zero-order valence-electron chi connectivity index (χ0n) is 10.1. The van der Waals surface area contributed by atoms with E-state index in [1.165, 1.54) is 6.33 Å². The van der Waals surface area contributed by atoms with Crippen LogP contribution in [0.5, 0.6) is 0 Å². The van der Waals surface area contributed by atoms with Crippen LogP contribution in [-0.4, -0.2) is 43.9 Å². The second-order valence-corrected chi connectivity index (χ2v) is 6.32. The molecule has 1 unspecified atom stereocenters. The summed E-state index contributed by atoms with van der Waals surface area (Å²) in [5, 5.41) is 6.67. The minimum atomic E-state index is -3.21. The van der Waals surface area contributed by atoms with Crippen molar-refractivity contribution in [3.05, 3.63) is 12.2 Å². The third-order valence-electron chi connectivity index (χ3n) is 2.92. The molecule has 7 nitrogen and oxygen atoms in total. The average Bonchev–Trinajstić information content (AvgIpc) is 2.82. The summed E-state index contributed by atoms with van der Waals surface area (Å²) in [7, 11) is -3.21. The molecular formula is C10H18N4O3S. The second-order valence-electron chi connectivity index (χ2n) is 4.47. The largest absolute Gasteiger partial charge is 0.340 e. The number of sulfonamides is 1. The van der Waals surface area contributed by atoms with E-state index in [2.05, 4.69) is 20.2 Å². The van der Waals surface area contributed by atoms with Crippen molar-refractivity contribution in [1.82, 2.24) is 20.2 Å². The first kappa shape index (κ1) is 13.4. The van der Waals surface area contributed by atoms with Gasteiger partial charge in [0.15, 0.2) is 6.33 Å². The topological polar surface area (TPSA) is 97.1 Å². The van der Waals surface area contributed by atoms with Crippen molar-refractivity contribution in [2.75, 3.05) is 25.4 Å². The number of hydrogen-bond donors (Lipinski definition) is 2. The number of hydrogen-bond acceptors (Lipinski definition) is 6. The SMILES string of the molecule is O=S(=O)(CC1CCCNC1)NCCc1ncno1. The molecule has 8 heteroatoms. The first-order valence-corrected chi connectivity index (χ1v) is 7.74. The predicted octanol–water partition coefficient (Wildman–Crippen LogP) is -0.469. The summed E-state index contributed by atoms with van der Waals surface area (Å²) in [5.41, 5.74) is 0. The normalized spacial score (nSPS) is 21.0. The number of rotatable bonds is 6. The van der Waals surface area contributed by atoms with Gasteiger partial charge in [0.25, 0.3) is 0 Å². The molecule has 2 N–H and O–H groups in total. The van der Waals surface area contributed by atoms with Crippen LogP contribution in [-0.2, 0) is 16.4 Å². The summed E-state index contributed by atoms with van der Waals surface area (Å²) >= 11 is 0. The Morgan fingerprint density at radius 1 is 1.56 bits per heavy atom. The highest BCUT2D eigenvalue weighted by Gasteiger charge is 2.20. The smallest absolute Gasteiger partial charge is 0.227 e. The van der Waals surface area contributed by atoms with Crippen LogP contribution >= 0.6 is 0 Å². The van der Waals surface area contributed by atoms with Gasteiger partial charge in [0.2, 0.25) is 15.9 Å². The molecule has 0 aliphatic carbocycles. The molecule has 1 aliphatic rings. The Morgan fingerprint density at radius 3 is 3.11 bits per heavy atom. The van der Waals surface area contributed by atoms with Crippen molar-refractivity contribution in [1.29, 1.82) is 0 Å². The molecule has 1 aromatic heterocycles. The number of nitrogens with zero attached hydrogens (tertiary/aromatic N) is 2. The van der Waals surface area contributed by atoms with Crippen molar-refractivity contribution < 1.29 is 12.9 Å². The number of piperidine rings is 1. The Kier molecular flexibility index (Phi) is 4.67. The quantitative estimate of drug-likeness (QED) is 0.728. The standard InChI is InChI=1S/C10H18N4O3S/c15-18(16,7-9-2-1-4-11-6-9)14-5-3-10-12-8-13-17-10/h8-9,11,14H,1-7H2. The average molecular weight is 274 g/mol. The minimum absolute atomic E-state index is 0.184. The lowest BCUT2D eigenvalue weighted by atomic mass is 10.0. The van der Waals surface area contributed by atoms with Crippen molar-refractivity contribution in [2.45, 2.75) is 19.3 Å². The zero-order chi connectivity index (χ0) is 12.8. The first-order valence-electron chi connectivity index (χ1n) is 6.09. The van der Waals surface area contributed by atoms with Crippen molar-refractivity contribution in [3.8, 4) is 0 Å². The van der Waals surface area contributed by atoms with E-state index in [0.29, 0.717) is 18.9 Å². The number of aromatic nitrogens is 2. The number of nitrogens with one attached hydrogen (secondary N) is 2. The van der Waals surface area contributed by atoms with Crippen LogP contribution in [0.4, 0.5) is 0 Å². The minimum Gasteiger partial charge on any atom is -0.340 e. The Morgan fingerprint density at radius 2 is 2.44 bits per heavy atom. The maximum Gasteiger partial charge on any atom is 0.227 e. The molecule has 0 bridgehead atoms. The van der Waals surface area contributed by atoms with E-state index in [1.54, 1.807) is 0 Å². The highest BCUT2D eigenvalue weighted by atomic mass is 32.2. The molecule has 0 radical (unpaired) electrons. The van der Waals surface area contributed by atoms with Crippen LogP contribution in [0.15, 0.2) is 10.9 Å². The van der Waals surface area contributed by atoms with Gasteiger partial charge in [-0.1, -0.05) is 5.16 Å². The lowest BCUT2D eigenvalue weighted by Crippen LogP contribution is -2.38. The van der Waals surface area contributed by atoms with Crippen molar-refractivity contribution in [3.63, 3.8) is 0 Å². The molecule has 102 valence electrons. The van der Waals surface area contributed by atoms with E-state index in [0.717, 1.165) is 25.9 Å². The third kappa shape index (κ3) is 4.35. The van der Waals surface area contributed by atoms with E-state index in [9.17, 15) is 8.42 Å². The third-order valence-corrected chi connectivity index (χ3v) is 4.48. The van der Waals surface area contributed by atoms with Gasteiger partial charge in [0.05, 0.1) is 5.75 Å². The molecule has 1 fully saturated rings. The maximum atomic E-state index is 11.8. The Labute approximate surface area is 106 Å². The lowest BCUT2D eigenvalue weighted by molar-refractivity contribution is 0.377. The summed E-state index contributed by atoms with van der Waals surface area (Å²) in [6, 6.07) is 0. The second kappa shape index (κ2) is 6.26. The summed E-state index contributed by atoms with van der Waals surface area (Å²) < 4.78 is 31.0. The molecule has 18 heavy (non-hydrogen) atoms. The van der Waals surface area contributed by atoms with E-state index in [4.69, 9.17) is 4.52 Å². The first-order chi connectivity index (χ1) is 8.66. The summed E-state index contributed by atoms with van der Waals surface area (Å²) in [6.07, 6.45) is 3.74. The van der Waals surface area contributed by atoms with Crippen LogP contribution in [0.3, 0.4) is 0 Å². The summed E-state index contributed by atoms with van der Waals surface area (Å²) in [4.78, 5) is 3.83. The maximum absolute atomic E-state index is 11.8. The monoisotopic (exact) mass is 274 g/mol. The summed E-state index contributed by atoms with van der Waals surface area (Å²) in [6.45, 7) is 2.07. The fourth-order valence-corrected chi connectivity index (χ4v) is 3.49. The van der Waals surface area contributed by atoms with Crippen molar-refractivity contribution in [2.24, 2.45) is 5.92 Å². The van der Waals surface area contributed by atoms with Gasteiger partial charge < -0.3 is 9.84 Å². The van der Waals surface area contributed by atoms with Gasteiger partial charge in [0.1, 0.15) is 0 Å². The van der Waals surface area contributed by atoms with Gasteiger partial charge >= 0.3 is 0 Å². The Bertz CT molecular complexity index is 440. The molecule has 1 aliphatic heterocycles. The fourth-order valence-electron chi connectivity index (χ4n) is 2.06. The predicted molar refractivity (Wildman–Crippen MR) is 65.4 cm³/mol. The molecule has 1 aromatic rings. The van der Waals surface area contributed by atoms with Gasteiger partial charge in [-0.3, -0.25) is 0 Å². The van der Waals surface area contributed by atoms with Crippen LogP contribution in [0.2, 0.25) is 0 Å². The molecule has 0 amide bonds. The molecule has 0 aromatic carbocycles. The van der Waals surface area contributed by atoms with E-state index < -0.39 is 10.0 Å². The van der Waals surface area contributed by atoms with E-state index in [-0.39, 0.29) is 11.7 Å². The van der Waals surface area contributed by atoms with Gasteiger partial charge in [-0.05, 0) is 31.8 Å². The molecule has 1 saturated heterocycles. The molecule has 2 heterocycles. The van der Waals surface area contributed by atoms with Gasteiger partial charge in [-0.2, -0.15) is 4.98 Å². The van der Waals surface area contributed by atoms with Crippen LogP contribution < -0.4 is 10.0 Å². The Balaban J connectivity index is 1.73. The fraction of sp³-hybridized carbons (Fsp3) is 0.800. The van der Waals surface area contributed by atoms with Gasteiger partial charge in [-0.25, -0.2) is 13.1 Å².